The summed E-state index contributed by atoms with van der Waals surface area (Å²) in [5.41, 5.74) is 0. The van der Waals surface area contributed by atoms with Gasteiger partial charge in [0, 0.05) is 25.8 Å². The molecule has 0 N–H and O–H groups in total. The molecule has 0 heterocycles. The smallest absolute Gasteiger partial charge is 0 e. The van der Waals surface area contributed by atoms with Crippen LogP contribution in [0.15, 0.2) is 30.3 Å². The van der Waals surface area contributed by atoms with E-state index >= 15 is 0 Å². The van der Waals surface area contributed by atoms with Crippen LogP contribution in [0.1, 0.15) is 0 Å². The van der Waals surface area contributed by atoms with Crippen molar-refractivity contribution in [3.05, 3.63) is 30.3 Å². The van der Waals surface area contributed by atoms with Crippen molar-refractivity contribution in [1.82, 2.24) is 0 Å². The predicted molar refractivity (Wildman–Crippen MR) is 22.0 cm³/mol. The molecule has 0 saturated carbocycles. The second kappa shape index (κ2) is 10.1. The van der Waals surface area contributed by atoms with Crippen LogP contribution in [-0.4, -0.2) is 0 Å². The SMILES string of the molecule is [F-].[F-].[Hf].c1cc[cH-]c1. The van der Waals surface area contributed by atoms with Gasteiger partial charge in [0.25, 0.3) is 0 Å². The number of halogens is 2. The molecule has 1 aromatic carbocycles. The van der Waals surface area contributed by atoms with Crippen molar-refractivity contribution in [3.8, 4) is 0 Å². The molecule has 8 heavy (non-hydrogen) atoms. The van der Waals surface area contributed by atoms with Gasteiger partial charge in [0.1, 0.15) is 0 Å². The Morgan fingerprint density at radius 2 is 1.25 bits per heavy atom. The minimum atomic E-state index is 0. The molecule has 0 aromatic heterocycles. The molecule has 0 nitrogen and oxygen atoms in total. The molecule has 0 aliphatic heterocycles. The first-order valence-electron chi connectivity index (χ1n) is 1.67. The van der Waals surface area contributed by atoms with Gasteiger partial charge in [-0.3, -0.25) is 0 Å². The van der Waals surface area contributed by atoms with Crippen molar-refractivity contribution >= 4 is 0 Å². The Kier molecular flexibility index (Phi) is 19.9. The van der Waals surface area contributed by atoms with Gasteiger partial charge >= 0.3 is 0 Å². The van der Waals surface area contributed by atoms with E-state index in [0.29, 0.717) is 0 Å². The van der Waals surface area contributed by atoms with Crippen LogP contribution < -0.4 is 9.41 Å². The van der Waals surface area contributed by atoms with Crippen LogP contribution in [0.2, 0.25) is 0 Å². The van der Waals surface area contributed by atoms with Crippen molar-refractivity contribution < 1.29 is 35.3 Å². The van der Waals surface area contributed by atoms with Crippen LogP contribution in [0, 0.1) is 0 Å². The largest absolute Gasteiger partial charge is 1.00 e. The molecule has 0 spiro atoms. The maximum Gasteiger partial charge on any atom is 0 e. The second-order valence-corrected chi connectivity index (χ2v) is 0.962. The van der Waals surface area contributed by atoms with Gasteiger partial charge in [-0.15, -0.1) is 0 Å². The Bertz CT molecular complexity index is 66.9. The zero-order valence-corrected chi connectivity index (χ0v) is 7.74. The molecule has 0 amide bonds. The Hall–Kier alpha value is 0.0801. The van der Waals surface area contributed by atoms with E-state index in [1.165, 1.54) is 0 Å². The molecule has 0 aliphatic rings. The summed E-state index contributed by atoms with van der Waals surface area (Å²) in [7, 11) is 0. The normalized spacial score (nSPS) is 5.00. The van der Waals surface area contributed by atoms with E-state index in [4.69, 9.17) is 0 Å². The fourth-order valence-corrected chi connectivity index (χ4v) is 0.321. The Labute approximate surface area is 65.8 Å². The van der Waals surface area contributed by atoms with Gasteiger partial charge in [-0.2, -0.15) is 18.2 Å². The molecule has 0 aliphatic carbocycles. The van der Waals surface area contributed by atoms with Gasteiger partial charge in [-0.05, 0) is 0 Å². The Morgan fingerprint density at radius 3 is 1.38 bits per heavy atom. The minimum Gasteiger partial charge on any atom is -1.00 e. The quantitative estimate of drug-likeness (QED) is 0.332. The molecular weight excluding hydrogens is 277 g/mol. The van der Waals surface area contributed by atoms with Crippen molar-refractivity contribution in [2.24, 2.45) is 0 Å². The molecule has 0 bridgehead atoms. The molecule has 1 aromatic rings. The van der Waals surface area contributed by atoms with Crippen molar-refractivity contribution in [3.63, 3.8) is 0 Å². The van der Waals surface area contributed by atoms with Crippen LogP contribution >= 0.6 is 0 Å². The molecule has 0 saturated heterocycles. The van der Waals surface area contributed by atoms with E-state index in [-0.39, 0.29) is 35.3 Å². The van der Waals surface area contributed by atoms with Gasteiger partial charge in [0.15, 0.2) is 0 Å². The summed E-state index contributed by atoms with van der Waals surface area (Å²) >= 11 is 0. The number of hydrogen-bond acceptors (Lipinski definition) is 0. The van der Waals surface area contributed by atoms with E-state index in [1.807, 2.05) is 30.3 Å². The average molecular weight is 282 g/mol. The van der Waals surface area contributed by atoms with Crippen LogP contribution in [0.4, 0.5) is 0 Å². The molecule has 0 unspecified atom stereocenters. The predicted octanol–water partition coefficient (Wildman–Crippen LogP) is -4.59. The third-order valence-corrected chi connectivity index (χ3v) is 0.556. The fraction of sp³-hybridized carbons (Fsp3) is 0. The maximum atomic E-state index is 2.00. The summed E-state index contributed by atoms with van der Waals surface area (Å²) in [5, 5.41) is 0. The van der Waals surface area contributed by atoms with Crippen LogP contribution in [0.25, 0.3) is 0 Å². The average Bonchev–Trinajstić information content (AvgIpc) is 1.76. The summed E-state index contributed by atoms with van der Waals surface area (Å²) in [4.78, 5) is 0. The van der Waals surface area contributed by atoms with E-state index < -0.39 is 0 Å². The zero-order valence-electron chi connectivity index (χ0n) is 4.14. The van der Waals surface area contributed by atoms with Gasteiger partial charge in [-0.25, -0.2) is 12.1 Å². The minimum absolute atomic E-state index is 0. The van der Waals surface area contributed by atoms with E-state index in [9.17, 15) is 0 Å². The second-order valence-electron chi connectivity index (χ2n) is 0.962. The molecule has 0 fully saturated rings. The number of hydrogen-bond donors (Lipinski definition) is 0. The van der Waals surface area contributed by atoms with Gasteiger partial charge in [0.2, 0.25) is 0 Å². The van der Waals surface area contributed by atoms with Crippen molar-refractivity contribution in [2.45, 2.75) is 0 Å². The van der Waals surface area contributed by atoms with E-state index in [1.54, 1.807) is 0 Å². The molecule has 0 radical (unpaired) electrons. The van der Waals surface area contributed by atoms with Crippen molar-refractivity contribution in [1.29, 1.82) is 0 Å². The summed E-state index contributed by atoms with van der Waals surface area (Å²) in [5.74, 6) is 0. The fourth-order valence-electron chi connectivity index (χ4n) is 0.321. The van der Waals surface area contributed by atoms with E-state index in [2.05, 4.69) is 0 Å². The first-order chi connectivity index (χ1) is 2.50. The molecule has 0 atom stereocenters. The van der Waals surface area contributed by atoms with Crippen LogP contribution in [0.5, 0.6) is 0 Å². The van der Waals surface area contributed by atoms with Crippen LogP contribution in [-0.2, 0) is 25.8 Å². The first-order valence-corrected chi connectivity index (χ1v) is 1.67. The summed E-state index contributed by atoms with van der Waals surface area (Å²) in [6.07, 6.45) is 0. The maximum absolute atomic E-state index is 2.00. The number of rotatable bonds is 0. The summed E-state index contributed by atoms with van der Waals surface area (Å²) in [6, 6.07) is 10.0. The summed E-state index contributed by atoms with van der Waals surface area (Å²) < 4.78 is 0. The molecular formula is C5H5F2Hf-3. The molecule has 46 valence electrons. The Morgan fingerprint density at radius 1 is 0.875 bits per heavy atom. The third-order valence-electron chi connectivity index (χ3n) is 0.556. The molecule has 3 heteroatoms. The monoisotopic (exact) mass is 283 g/mol. The first kappa shape index (κ1) is 15.7. The van der Waals surface area contributed by atoms with Crippen molar-refractivity contribution in [2.75, 3.05) is 0 Å². The van der Waals surface area contributed by atoms with Gasteiger partial charge < -0.3 is 9.41 Å². The molecule has 1 rings (SSSR count). The standard InChI is InChI=1S/C5H5.2FH.Hf/c1-2-4-5-3-1;;;/h1-5H;2*1H;/q-1;;;/p-2. The van der Waals surface area contributed by atoms with Gasteiger partial charge in [0.05, 0.1) is 0 Å². The summed E-state index contributed by atoms with van der Waals surface area (Å²) in [6.45, 7) is 0. The van der Waals surface area contributed by atoms with Crippen LogP contribution in [0.3, 0.4) is 0 Å². The third kappa shape index (κ3) is 6.08. The topological polar surface area (TPSA) is 0 Å². The Balaban J connectivity index is -0.0000000833. The zero-order chi connectivity index (χ0) is 3.54. The van der Waals surface area contributed by atoms with Gasteiger partial charge in [-0.1, -0.05) is 0 Å². The van der Waals surface area contributed by atoms with E-state index in [0.717, 1.165) is 0 Å².